The van der Waals surface area contributed by atoms with Crippen LogP contribution in [0.15, 0.2) is 4.99 Å². The Morgan fingerprint density at radius 2 is 2.38 bits per heavy atom. The van der Waals surface area contributed by atoms with Gasteiger partial charge in [0.25, 0.3) is 0 Å². The Labute approximate surface area is 50.8 Å². The van der Waals surface area contributed by atoms with Gasteiger partial charge in [-0.3, -0.25) is 4.99 Å². The van der Waals surface area contributed by atoms with Crippen LogP contribution < -0.4 is 0 Å². The molecular weight excluding hydrogens is 98.1 g/mol. The van der Waals surface area contributed by atoms with E-state index in [4.69, 9.17) is 0 Å². The maximum absolute atomic E-state index is 4.13. The zero-order valence-corrected chi connectivity index (χ0v) is 5.43. The molecule has 0 aliphatic heterocycles. The zero-order valence-electron chi connectivity index (χ0n) is 5.43. The first-order valence-corrected chi connectivity index (χ1v) is 3.41. The first-order chi connectivity index (χ1) is 3.93. The molecule has 1 saturated carbocycles. The molecule has 0 bridgehead atoms. The van der Waals surface area contributed by atoms with Gasteiger partial charge in [0.1, 0.15) is 0 Å². The van der Waals surface area contributed by atoms with Crippen LogP contribution in [0.1, 0.15) is 26.2 Å². The molecule has 0 heterocycles. The Morgan fingerprint density at radius 1 is 1.62 bits per heavy atom. The van der Waals surface area contributed by atoms with Gasteiger partial charge >= 0.3 is 0 Å². The molecule has 0 amide bonds. The molecule has 0 unspecified atom stereocenters. The van der Waals surface area contributed by atoms with Crippen molar-refractivity contribution in [3.63, 3.8) is 0 Å². The topological polar surface area (TPSA) is 12.4 Å². The van der Waals surface area contributed by atoms with Gasteiger partial charge in [-0.25, -0.2) is 0 Å². The first-order valence-electron chi connectivity index (χ1n) is 3.41. The van der Waals surface area contributed by atoms with Crippen molar-refractivity contribution >= 4 is 6.21 Å². The Bertz CT molecular complexity index is 82.4. The smallest absolute Gasteiger partial charge is 0.0357 e. The van der Waals surface area contributed by atoms with Crippen molar-refractivity contribution in [3.05, 3.63) is 0 Å². The molecule has 46 valence electrons. The fourth-order valence-electron chi connectivity index (χ4n) is 0.706. The van der Waals surface area contributed by atoms with Gasteiger partial charge in [-0.2, -0.15) is 0 Å². The molecule has 0 aromatic carbocycles. The Hall–Kier alpha value is -0.330. The summed E-state index contributed by atoms with van der Waals surface area (Å²) in [5.74, 6) is 1.00. The third-order valence-corrected chi connectivity index (χ3v) is 1.45. The monoisotopic (exact) mass is 111 g/mol. The predicted octanol–water partition coefficient (Wildman–Crippen LogP) is 1.88. The molecule has 8 heavy (non-hydrogen) atoms. The summed E-state index contributed by atoms with van der Waals surface area (Å²) >= 11 is 0. The van der Waals surface area contributed by atoms with Crippen LogP contribution in [0, 0.1) is 5.92 Å². The summed E-state index contributed by atoms with van der Waals surface area (Å²) in [7, 11) is 0. The first kappa shape index (κ1) is 5.80. The zero-order chi connectivity index (χ0) is 5.82. The van der Waals surface area contributed by atoms with E-state index in [0.29, 0.717) is 0 Å². The molecule has 0 aromatic rings. The molecule has 0 spiro atoms. The van der Waals surface area contributed by atoms with Gasteiger partial charge in [0.15, 0.2) is 0 Å². The summed E-state index contributed by atoms with van der Waals surface area (Å²) < 4.78 is 0. The van der Waals surface area contributed by atoms with Gasteiger partial charge in [0.05, 0.1) is 0 Å². The lowest BCUT2D eigenvalue weighted by atomic mass is 10.3. The van der Waals surface area contributed by atoms with Crippen molar-refractivity contribution in [1.29, 1.82) is 0 Å². The van der Waals surface area contributed by atoms with E-state index in [1.165, 1.54) is 19.3 Å². The van der Waals surface area contributed by atoms with Crippen LogP contribution in [-0.4, -0.2) is 12.8 Å². The van der Waals surface area contributed by atoms with Crippen molar-refractivity contribution in [2.24, 2.45) is 10.9 Å². The quantitative estimate of drug-likeness (QED) is 0.493. The summed E-state index contributed by atoms with van der Waals surface area (Å²) in [6.45, 7) is 3.02. The average molecular weight is 111 g/mol. The van der Waals surface area contributed by atoms with E-state index in [-0.39, 0.29) is 0 Å². The van der Waals surface area contributed by atoms with Crippen molar-refractivity contribution in [3.8, 4) is 0 Å². The summed E-state index contributed by atoms with van der Waals surface area (Å²) in [5.41, 5.74) is 0. The molecule has 1 fully saturated rings. The highest BCUT2D eigenvalue weighted by Crippen LogP contribution is 2.31. The standard InChI is InChI=1S/C7H13N/c1-2-8-6-5-7-3-4-7/h6-7H,2-5H2,1H3. The number of aliphatic imine (C=N–C) groups is 1. The van der Waals surface area contributed by atoms with E-state index in [9.17, 15) is 0 Å². The van der Waals surface area contributed by atoms with Crippen LogP contribution in [0.3, 0.4) is 0 Å². The van der Waals surface area contributed by atoms with Crippen LogP contribution in [0.2, 0.25) is 0 Å². The summed E-state index contributed by atoms with van der Waals surface area (Å²) in [6, 6.07) is 0. The molecule has 0 radical (unpaired) electrons. The van der Waals surface area contributed by atoms with E-state index >= 15 is 0 Å². The van der Waals surface area contributed by atoms with Gasteiger partial charge < -0.3 is 0 Å². The lowest BCUT2D eigenvalue weighted by Gasteiger charge is -1.82. The minimum atomic E-state index is 0.951. The predicted molar refractivity (Wildman–Crippen MR) is 36.4 cm³/mol. The summed E-state index contributed by atoms with van der Waals surface area (Å²) in [6.07, 6.45) is 6.18. The van der Waals surface area contributed by atoms with E-state index in [1.807, 2.05) is 0 Å². The van der Waals surface area contributed by atoms with Crippen molar-refractivity contribution in [1.82, 2.24) is 0 Å². The van der Waals surface area contributed by atoms with E-state index in [0.717, 1.165) is 12.5 Å². The highest BCUT2D eigenvalue weighted by molar-refractivity contribution is 5.57. The lowest BCUT2D eigenvalue weighted by molar-refractivity contribution is 0.901. The fourth-order valence-corrected chi connectivity index (χ4v) is 0.706. The third kappa shape index (κ3) is 2.10. The van der Waals surface area contributed by atoms with Crippen molar-refractivity contribution in [2.45, 2.75) is 26.2 Å². The number of rotatable bonds is 3. The molecule has 0 atom stereocenters. The number of hydrogen-bond acceptors (Lipinski definition) is 1. The normalized spacial score (nSPS) is 20.1. The summed E-state index contributed by atoms with van der Waals surface area (Å²) in [5, 5.41) is 0. The lowest BCUT2D eigenvalue weighted by Crippen LogP contribution is -1.77. The summed E-state index contributed by atoms with van der Waals surface area (Å²) in [4.78, 5) is 4.13. The molecular formula is C7H13N. The van der Waals surface area contributed by atoms with Crippen LogP contribution >= 0.6 is 0 Å². The Morgan fingerprint density at radius 3 is 2.88 bits per heavy atom. The molecule has 1 rings (SSSR count). The second-order valence-electron chi connectivity index (χ2n) is 2.36. The van der Waals surface area contributed by atoms with Gasteiger partial charge in [-0.05, 0) is 38.3 Å². The van der Waals surface area contributed by atoms with Crippen LogP contribution in [0.25, 0.3) is 0 Å². The number of hydrogen-bond donors (Lipinski definition) is 0. The third-order valence-electron chi connectivity index (χ3n) is 1.45. The molecule has 0 aromatic heterocycles. The molecule has 1 aliphatic rings. The maximum Gasteiger partial charge on any atom is 0.0357 e. The van der Waals surface area contributed by atoms with Crippen molar-refractivity contribution < 1.29 is 0 Å². The SMILES string of the molecule is CCN=CCC1CC1. The second kappa shape index (κ2) is 2.85. The van der Waals surface area contributed by atoms with Gasteiger partial charge in [0, 0.05) is 6.54 Å². The second-order valence-corrected chi connectivity index (χ2v) is 2.36. The maximum atomic E-state index is 4.13. The molecule has 0 N–H and O–H groups in total. The number of nitrogens with zero attached hydrogens (tertiary/aromatic N) is 1. The Balaban J connectivity index is 1.93. The van der Waals surface area contributed by atoms with Crippen LogP contribution in [-0.2, 0) is 0 Å². The van der Waals surface area contributed by atoms with Gasteiger partial charge in [-0.1, -0.05) is 0 Å². The van der Waals surface area contributed by atoms with Gasteiger partial charge in [0.2, 0.25) is 0 Å². The Kier molecular flexibility index (Phi) is 2.07. The highest BCUT2D eigenvalue weighted by Gasteiger charge is 2.18. The molecule has 1 heteroatoms. The largest absolute Gasteiger partial charge is 0.298 e. The fraction of sp³-hybridized carbons (Fsp3) is 0.857. The van der Waals surface area contributed by atoms with E-state index < -0.39 is 0 Å². The average Bonchev–Trinajstić information content (AvgIpc) is 2.51. The van der Waals surface area contributed by atoms with E-state index in [2.05, 4.69) is 18.1 Å². The minimum Gasteiger partial charge on any atom is -0.298 e. The molecule has 1 nitrogen and oxygen atoms in total. The van der Waals surface area contributed by atoms with Crippen LogP contribution in [0.5, 0.6) is 0 Å². The minimum absolute atomic E-state index is 0.951. The van der Waals surface area contributed by atoms with E-state index in [1.54, 1.807) is 0 Å². The molecule has 1 aliphatic carbocycles. The highest BCUT2D eigenvalue weighted by atomic mass is 14.7. The molecule has 0 saturated heterocycles. The van der Waals surface area contributed by atoms with Gasteiger partial charge in [-0.15, -0.1) is 0 Å². The van der Waals surface area contributed by atoms with Crippen molar-refractivity contribution in [2.75, 3.05) is 6.54 Å². The van der Waals surface area contributed by atoms with Crippen LogP contribution in [0.4, 0.5) is 0 Å².